The Labute approximate surface area is 244 Å². The first kappa shape index (κ1) is 30.1. The van der Waals surface area contributed by atoms with Crippen LogP contribution in [0.5, 0.6) is 0 Å². The smallest absolute Gasteiger partial charge is 0.299 e. The van der Waals surface area contributed by atoms with Crippen LogP contribution in [0, 0.1) is 22.8 Å². The van der Waals surface area contributed by atoms with Gasteiger partial charge in [-0.15, -0.1) is 0 Å². The second kappa shape index (κ2) is 13.5. The van der Waals surface area contributed by atoms with Gasteiger partial charge in [0, 0.05) is 56.7 Å². The zero-order chi connectivity index (χ0) is 28.0. The van der Waals surface area contributed by atoms with Crippen LogP contribution in [-0.4, -0.2) is 44.9 Å². The van der Waals surface area contributed by atoms with Crippen molar-refractivity contribution >= 4 is 91.1 Å². The van der Waals surface area contributed by atoms with E-state index in [9.17, 15) is 9.18 Å². The number of carbonyl (C=O) groups excluding carboxylic acids is 1. The Kier molecular flexibility index (Phi) is 10.7. The molecule has 0 saturated carbocycles. The molecule has 1 amide bonds. The number of hydrogen-bond acceptors (Lipinski definition) is 8. The van der Waals surface area contributed by atoms with Crippen LogP contribution in [0.25, 0.3) is 32.2 Å². The summed E-state index contributed by atoms with van der Waals surface area (Å²) < 4.78 is 30.2. The van der Waals surface area contributed by atoms with Gasteiger partial charge in [0.1, 0.15) is 23.5 Å². The molecule has 0 spiro atoms. The van der Waals surface area contributed by atoms with Crippen LogP contribution in [-0.2, 0) is 4.79 Å². The highest BCUT2D eigenvalue weighted by Gasteiger charge is 2.31. The molecule has 2 aromatic carbocycles. The number of carbonyl (C=O) groups is 1. The van der Waals surface area contributed by atoms with E-state index in [-0.39, 0.29) is 43.4 Å². The van der Waals surface area contributed by atoms with Gasteiger partial charge >= 0.3 is 0 Å². The van der Waals surface area contributed by atoms with Crippen molar-refractivity contribution in [1.82, 2.24) is 19.9 Å². The minimum atomic E-state index is -0.676. The van der Waals surface area contributed by atoms with Gasteiger partial charge in [-0.25, -0.2) is 23.7 Å². The normalized spacial score (nSPS) is 12.5. The molecule has 3 heterocycles. The number of thiazole rings is 1. The Morgan fingerprint density at radius 3 is 2.63 bits per heavy atom. The number of likely N-dealkylation sites (tertiary alicyclic amines) is 1. The van der Waals surface area contributed by atoms with Gasteiger partial charge in [-0.05, 0) is 32.4 Å². The first-order chi connectivity index (χ1) is 18.4. The topological polar surface area (TPSA) is 97.0 Å². The van der Waals surface area contributed by atoms with Crippen molar-refractivity contribution in [2.24, 2.45) is 0 Å². The maximum Gasteiger partial charge on any atom is 0.299 e. The summed E-state index contributed by atoms with van der Waals surface area (Å²) in [7, 11) is 1.24. The third-order valence-corrected chi connectivity index (χ3v) is 7.34. The fourth-order valence-electron chi connectivity index (χ4n) is 3.76. The molecule has 1 aliphatic heterocycles. The fourth-order valence-corrected chi connectivity index (χ4v) is 5.27. The predicted octanol–water partition coefficient (Wildman–Crippen LogP) is 7.14. The third kappa shape index (κ3) is 6.06. The number of aromatic nitrogens is 3. The number of nitrogen functional groups attached to an aromatic ring is 1. The largest absolute Gasteiger partial charge is 0.375 e. The molecule has 38 heavy (non-hydrogen) atoms. The van der Waals surface area contributed by atoms with E-state index in [0.717, 1.165) is 11.3 Å². The lowest BCUT2D eigenvalue weighted by molar-refractivity contribution is -0.128. The molecule has 1 aliphatic rings. The van der Waals surface area contributed by atoms with Crippen molar-refractivity contribution in [3.8, 4) is 22.3 Å². The van der Waals surface area contributed by atoms with E-state index >= 15 is 4.39 Å². The minimum absolute atomic E-state index is 0.0507. The number of nitrogens with one attached hydrogen (secondary N) is 1. The van der Waals surface area contributed by atoms with Crippen LogP contribution < -0.4 is 11.1 Å². The van der Waals surface area contributed by atoms with Crippen molar-refractivity contribution < 1.29 is 13.6 Å². The molecule has 1 saturated heterocycles. The highest BCUT2D eigenvalue weighted by molar-refractivity contribution is 14.2. The maximum atomic E-state index is 15.7. The summed E-state index contributed by atoms with van der Waals surface area (Å²) in [6, 6.07) is 4.14. The molecular formula is C25H24ClF2IN6OS2. The zero-order valence-corrected chi connectivity index (χ0v) is 25.5. The van der Waals surface area contributed by atoms with Crippen molar-refractivity contribution in [2.45, 2.75) is 33.7 Å². The molecule has 13 heteroatoms. The number of nitrogens with two attached hydrogens (primary N) is 1. The molecule has 1 fully saturated rings. The molecule has 2 aromatic heterocycles. The Morgan fingerprint density at radius 2 is 1.95 bits per heavy atom. The Morgan fingerprint density at radius 1 is 1.24 bits per heavy atom. The van der Waals surface area contributed by atoms with Gasteiger partial charge < -0.3 is 16.0 Å². The van der Waals surface area contributed by atoms with E-state index in [2.05, 4.69) is 31.4 Å². The first-order valence-corrected chi connectivity index (χ1v) is 16.2. The van der Waals surface area contributed by atoms with Crippen LogP contribution in [0.15, 0.2) is 24.5 Å². The fraction of sp³-hybridized carbons (Fsp3) is 0.280. The van der Waals surface area contributed by atoms with Gasteiger partial charge in [0.2, 0.25) is 0 Å². The van der Waals surface area contributed by atoms with E-state index in [1.807, 2.05) is 48.9 Å². The van der Waals surface area contributed by atoms with Crippen molar-refractivity contribution in [1.29, 1.82) is 0 Å². The monoisotopic (exact) mass is 688 g/mol. The lowest BCUT2D eigenvalue weighted by atomic mass is 10.0. The predicted molar refractivity (Wildman–Crippen MR) is 164 cm³/mol. The second-order valence-electron chi connectivity index (χ2n) is 7.35. The van der Waals surface area contributed by atoms with Crippen LogP contribution in [0.2, 0.25) is 5.02 Å². The van der Waals surface area contributed by atoms with E-state index < -0.39 is 11.6 Å². The molecule has 0 atom stereocenters. The Balaban J connectivity index is 0.000000956. The third-order valence-electron chi connectivity index (χ3n) is 5.31. The summed E-state index contributed by atoms with van der Waals surface area (Å²) in [6.07, 6.45) is 1.25. The van der Waals surface area contributed by atoms with E-state index in [1.165, 1.54) is 27.4 Å². The van der Waals surface area contributed by atoms with Gasteiger partial charge in [-0.2, -0.15) is 0 Å². The number of benzene rings is 2. The minimum Gasteiger partial charge on any atom is -0.375 e. The van der Waals surface area contributed by atoms with Crippen LogP contribution >= 0.6 is 53.1 Å². The average Bonchev–Trinajstić information content (AvgIpc) is 3.31. The van der Waals surface area contributed by atoms with E-state index in [1.54, 1.807) is 11.0 Å². The van der Waals surface area contributed by atoms with Crippen molar-refractivity contribution in [3.05, 3.63) is 41.2 Å². The van der Waals surface area contributed by atoms with E-state index in [4.69, 9.17) is 17.3 Å². The van der Waals surface area contributed by atoms with Crippen molar-refractivity contribution in [3.63, 3.8) is 0 Å². The molecule has 0 aliphatic carbocycles. The Hall–Kier alpha value is -2.47. The van der Waals surface area contributed by atoms with Crippen molar-refractivity contribution in [2.75, 3.05) is 24.1 Å². The number of halogens is 4. The number of hydrogen-bond donors (Lipinski definition) is 2. The number of amides is 1. The summed E-state index contributed by atoms with van der Waals surface area (Å²) >= 11 is 9.49. The molecule has 200 valence electrons. The van der Waals surface area contributed by atoms with Gasteiger partial charge in [0.25, 0.3) is 5.91 Å². The highest BCUT2D eigenvalue weighted by atomic mass is 127. The summed E-state index contributed by atoms with van der Waals surface area (Å²) in [6.45, 7) is 8.88. The van der Waals surface area contributed by atoms with Gasteiger partial charge in [-0.1, -0.05) is 50.6 Å². The molecule has 3 N–H and O–H groups in total. The number of fused-ring (bicyclic) bond motifs is 2. The van der Waals surface area contributed by atoms with Crippen LogP contribution in [0.1, 0.15) is 27.7 Å². The molecule has 0 unspecified atom stereocenters. The highest BCUT2D eigenvalue weighted by Crippen LogP contribution is 2.41. The molecule has 0 radical (unpaired) electrons. The average molecular weight is 689 g/mol. The number of anilines is 2. The van der Waals surface area contributed by atoms with Crippen LogP contribution in [0.4, 0.5) is 19.7 Å². The van der Waals surface area contributed by atoms with Crippen LogP contribution in [0.3, 0.4) is 0 Å². The Bertz CT molecular complexity index is 1540. The van der Waals surface area contributed by atoms with Gasteiger partial charge in [0.15, 0.2) is 10.9 Å². The maximum absolute atomic E-state index is 15.7. The molecular weight excluding hydrogens is 665 g/mol. The first-order valence-electron chi connectivity index (χ1n) is 11.7. The number of nitrogens with zero attached hydrogens (tertiary/aromatic N) is 4. The summed E-state index contributed by atoms with van der Waals surface area (Å²) in [5, 5.41) is 6.53. The molecule has 7 nitrogen and oxygen atoms in total. The van der Waals surface area contributed by atoms with Gasteiger partial charge in [0.05, 0.1) is 21.3 Å². The molecule has 4 aromatic rings. The summed E-state index contributed by atoms with van der Waals surface area (Å²) in [5.41, 5.74) is 6.42. The lowest BCUT2D eigenvalue weighted by Gasteiger charge is -2.38. The zero-order valence-electron chi connectivity index (χ0n) is 20.9. The quantitative estimate of drug-likeness (QED) is 0.175. The lowest BCUT2D eigenvalue weighted by Crippen LogP contribution is -2.56. The summed E-state index contributed by atoms with van der Waals surface area (Å²) in [4.78, 5) is 26.1. The molecule has 0 bridgehead atoms. The second-order valence-corrected chi connectivity index (χ2v) is 10.5. The van der Waals surface area contributed by atoms with E-state index in [0.29, 0.717) is 29.9 Å². The van der Waals surface area contributed by atoms with Gasteiger partial charge in [-0.3, -0.25) is 4.79 Å². The standard InChI is InChI=1S/C21H12ClF2IN6OS2.2C2H6/c22-12-5-11-17(16(24)15(12)10-1-2-13(23)19-18(10)30-21(26)34-19)27-8-28-20(11)29-9-6-31(7-9)14(32)3-4-33-25;2*1-2/h1-2,5,8-9H,6-7H2,(H2,26,30)(H,27,28,29);2*1-2H3. The SMILES string of the molecule is CC.CC.Nc1nc2c(-c3c(Cl)cc4c(NC5CN(C(=O)C#CSI)C5)ncnc4c3F)ccc(F)c2s1. The molecule has 5 rings (SSSR count). The summed E-state index contributed by atoms with van der Waals surface area (Å²) in [5.74, 6) is 1.51. The number of rotatable bonds is 3.